The summed E-state index contributed by atoms with van der Waals surface area (Å²) in [6.45, 7) is 18.7. The van der Waals surface area contributed by atoms with Crippen LogP contribution in [0.15, 0.2) is 12.2 Å². The lowest BCUT2D eigenvalue weighted by atomic mass is 10.4. The molecule has 0 radical (unpaired) electrons. The van der Waals surface area contributed by atoms with Gasteiger partial charge in [-0.15, -0.1) is 0 Å². The standard InChI is InChI=1S/C25H52O10Si4/c1-22(2)21-29-13-12-20-39(33-36(6)17-9-14-30-23(3)26,34-37(7)18-10-15-31-24(4)27)35-38(8)19-11-16-32-25(5)28/h36-38H,1,9-21H2,2-8H3. The van der Waals surface area contributed by atoms with Crippen molar-refractivity contribution in [1.82, 2.24) is 0 Å². The molecule has 0 aliphatic carbocycles. The van der Waals surface area contributed by atoms with E-state index in [2.05, 4.69) is 26.2 Å². The predicted molar refractivity (Wildman–Crippen MR) is 161 cm³/mol. The van der Waals surface area contributed by atoms with Crippen molar-refractivity contribution in [3.63, 3.8) is 0 Å². The van der Waals surface area contributed by atoms with Gasteiger partial charge in [0.2, 0.25) is 0 Å². The second-order valence-corrected chi connectivity index (χ2v) is 21.3. The Balaban J connectivity index is 5.50. The Morgan fingerprint density at radius 1 is 0.615 bits per heavy atom. The molecule has 0 rings (SSSR count). The van der Waals surface area contributed by atoms with E-state index >= 15 is 0 Å². The van der Waals surface area contributed by atoms with E-state index in [9.17, 15) is 14.4 Å². The van der Waals surface area contributed by atoms with Crippen molar-refractivity contribution in [2.45, 2.75) is 97.2 Å². The summed E-state index contributed by atoms with van der Waals surface area (Å²) >= 11 is 0. The van der Waals surface area contributed by atoms with Gasteiger partial charge in [0.25, 0.3) is 0 Å². The molecule has 0 amide bonds. The predicted octanol–water partition coefficient (Wildman–Crippen LogP) is 3.88. The van der Waals surface area contributed by atoms with E-state index in [0.29, 0.717) is 39.1 Å². The summed E-state index contributed by atoms with van der Waals surface area (Å²) < 4.78 is 41.5. The minimum absolute atomic E-state index is 0.280. The molecule has 39 heavy (non-hydrogen) atoms. The lowest BCUT2D eigenvalue weighted by Gasteiger charge is -2.37. The van der Waals surface area contributed by atoms with Crippen LogP contribution in [-0.2, 0) is 45.7 Å². The van der Waals surface area contributed by atoms with Gasteiger partial charge in [-0.05, 0) is 70.4 Å². The first kappa shape index (κ1) is 37.9. The molecular weight excluding hydrogens is 573 g/mol. The zero-order valence-corrected chi connectivity index (χ0v) is 29.7. The summed E-state index contributed by atoms with van der Waals surface area (Å²) in [5.41, 5.74) is 0.971. The van der Waals surface area contributed by atoms with E-state index in [1.165, 1.54) is 20.8 Å². The summed E-state index contributed by atoms with van der Waals surface area (Å²) in [6, 6.07) is 3.18. The van der Waals surface area contributed by atoms with Gasteiger partial charge in [-0.25, -0.2) is 0 Å². The molecule has 228 valence electrons. The van der Waals surface area contributed by atoms with Gasteiger partial charge >= 0.3 is 26.7 Å². The highest BCUT2D eigenvalue weighted by atomic mass is 28.5. The summed E-state index contributed by atoms with van der Waals surface area (Å²) in [6.07, 6.45) is 2.97. The largest absolute Gasteiger partial charge is 0.469 e. The van der Waals surface area contributed by atoms with E-state index in [-0.39, 0.29) is 17.9 Å². The van der Waals surface area contributed by atoms with Crippen molar-refractivity contribution >= 4 is 53.8 Å². The molecule has 0 saturated heterocycles. The highest BCUT2D eigenvalue weighted by Gasteiger charge is 2.44. The van der Waals surface area contributed by atoms with Gasteiger partial charge in [-0.3, -0.25) is 14.4 Å². The molecule has 10 nitrogen and oxygen atoms in total. The maximum atomic E-state index is 11.1. The monoisotopic (exact) mass is 624 g/mol. The normalized spacial score (nSPS) is 15.1. The Hall–Kier alpha value is -1.14. The maximum Gasteiger partial charge on any atom is 0.469 e. The highest BCUT2D eigenvalue weighted by Crippen LogP contribution is 2.25. The first-order chi connectivity index (χ1) is 18.3. The van der Waals surface area contributed by atoms with Crippen LogP contribution in [0.1, 0.15) is 53.4 Å². The molecule has 3 atom stereocenters. The Morgan fingerprint density at radius 2 is 0.974 bits per heavy atom. The molecule has 0 spiro atoms. The number of carbonyl (C=O) groups excluding carboxylic acids is 3. The Labute approximate surface area is 241 Å². The van der Waals surface area contributed by atoms with Crippen LogP contribution in [0.3, 0.4) is 0 Å². The first-order valence-electron chi connectivity index (χ1n) is 14.0. The number of esters is 3. The molecule has 0 aliphatic heterocycles. The van der Waals surface area contributed by atoms with E-state index < -0.39 is 35.9 Å². The molecule has 0 fully saturated rings. The number of carbonyl (C=O) groups is 3. The Bertz CT molecular complexity index is 651. The zero-order chi connectivity index (χ0) is 29.7. The van der Waals surface area contributed by atoms with Crippen LogP contribution in [-0.4, -0.2) is 86.9 Å². The van der Waals surface area contributed by atoms with Crippen LogP contribution < -0.4 is 0 Å². The first-order valence-corrected chi connectivity index (χ1v) is 23.3. The number of hydrogen-bond acceptors (Lipinski definition) is 10. The van der Waals surface area contributed by atoms with Gasteiger partial charge in [0, 0.05) is 33.4 Å². The molecule has 0 bridgehead atoms. The van der Waals surface area contributed by atoms with Gasteiger partial charge in [-0.2, -0.15) is 0 Å². The second-order valence-electron chi connectivity index (χ2n) is 10.0. The molecule has 0 aromatic carbocycles. The Morgan fingerprint density at radius 3 is 1.28 bits per heavy atom. The minimum Gasteiger partial charge on any atom is -0.466 e. The fourth-order valence-corrected chi connectivity index (χ4v) is 18.9. The summed E-state index contributed by atoms with van der Waals surface area (Å²) in [7, 11) is -8.16. The average Bonchev–Trinajstić information content (AvgIpc) is 2.81. The lowest BCUT2D eigenvalue weighted by Crippen LogP contribution is -2.54. The molecule has 0 saturated carbocycles. The van der Waals surface area contributed by atoms with E-state index in [1.807, 2.05) is 6.92 Å². The van der Waals surface area contributed by atoms with Crippen molar-refractivity contribution < 1.29 is 45.7 Å². The molecule has 3 unspecified atom stereocenters. The highest BCUT2D eigenvalue weighted by molar-refractivity contribution is 6.80. The van der Waals surface area contributed by atoms with Gasteiger partial charge in [0.15, 0.2) is 27.1 Å². The second kappa shape index (κ2) is 22.5. The minimum atomic E-state index is -3.05. The average molecular weight is 625 g/mol. The number of ether oxygens (including phenoxy) is 4. The smallest absolute Gasteiger partial charge is 0.466 e. The zero-order valence-electron chi connectivity index (χ0n) is 25.2. The maximum absolute atomic E-state index is 11.1. The van der Waals surface area contributed by atoms with E-state index in [0.717, 1.165) is 49.4 Å². The SMILES string of the molecule is C=C(C)COCCC[Si](O[SiH](C)CCCOC(C)=O)(O[SiH](C)CCCOC(C)=O)O[SiH](C)CCCOC(C)=O. The van der Waals surface area contributed by atoms with E-state index in [4.69, 9.17) is 31.3 Å². The molecule has 14 heteroatoms. The third-order valence-corrected chi connectivity index (χ3v) is 19.2. The molecular formula is C25H52O10Si4. The summed E-state index contributed by atoms with van der Waals surface area (Å²) in [5.74, 6) is -0.840. The molecule has 0 aliphatic rings. The molecule has 0 N–H and O–H groups in total. The Kier molecular flexibility index (Phi) is 21.9. The van der Waals surface area contributed by atoms with Crippen LogP contribution in [0.25, 0.3) is 0 Å². The fourth-order valence-electron chi connectivity index (χ4n) is 3.75. The molecule has 0 aromatic rings. The lowest BCUT2D eigenvalue weighted by molar-refractivity contribution is -0.141. The third kappa shape index (κ3) is 23.3. The third-order valence-electron chi connectivity index (χ3n) is 5.44. The van der Waals surface area contributed by atoms with Crippen molar-refractivity contribution in [3.8, 4) is 0 Å². The van der Waals surface area contributed by atoms with Gasteiger partial charge in [-0.1, -0.05) is 12.2 Å². The molecule has 0 aromatic heterocycles. The molecule has 0 heterocycles. The van der Waals surface area contributed by atoms with Crippen molar-refractivity contribution in [3.05, 3.63) is 12.2 Å². The van der Waals surface area contributed by atoms with Gasteiger partial charge in [0.05, 0.1) is 26.4 Å². The summed E-state index contributed by atoms with van der Waals surface area (Å²) in [5, 5.41) is 0. The quantitative estimate of drug-likeness (QED) is 0.0515. The van der Waals surface area contributed by atoms with E-state index in [1.54, 1.807) is 0 Å². The van der Waals surface area contributed by atoms with Crippen LogP contribution >= 0.6 is 0 Å². The van der Waals surface area contributed by atoms with Crippen LogP contribution in [0.2, 0.25) is 43.8 Å². The van der Waals surface area contributed by atoms with Crippen LogP contribution in [0, 0.1) is 0 Å². The van der Waals surface area contributed by atoms with Gasteiger partial charge in [0.1, 0.15) is 0 Å². The summed E-state index contributed by atoms with van der Waals surface area (Å²) in [4.78, 5) is 33.4. The van der Waals surface area contributed by atoms with Crippen LogP contribution in [0.5, 0.6) is 0 Å². The van der Waals surface area contributed by atoms with Crippen LogP contribution in [0.4, 0.5) is 0 Å². The fraction of sp³-hybridized carbons (Fsp3) is 0.800. The van der Waals surface area contributed by atoms with Crippen molar-refractivity contribution in [2.24, 2.45) is 0 Å². The number of rotatable bonds is 24. The topological polar surface area (TPSA) is 116 Å². The number of hydrogen-bond donors (Lipinski definition) is 0. The van der Waals surface area contributed by atoms with Crippen molar-refractivity contribution in [2.75, 3.05) is 33.0 Å². The van der Waals surface area contributed by atoms with Crippen molar-refractivity contribution in [1.29, 1.82) is 0 Å². The van der Waals surface area contributed by atoms with Gasteiger partial charge < -0.3 is 31.3 Å².